The Morgan fingerprint density at radius 3 is 2.35 bits per heavy atom. The van der Waals surface area contributed by atoms with Crippen LogP contribution in [0.1, 0.15) is 12.0 Å². The van der Waals surface area contributed by atoms with E-state index in [1.807, 2.05) is 6.07 Å². The minimum absolute atomic E-state index is 1.01. The van der Waals surface area contributed by atoms with Gasteiger partial charge in [0.2, 0.25) is 0 Å². The predicted octanol–water partition coefficient (Wildman–Crippen LogP) is 4.49. The first-order valence-electron chi connectivity index (χ1n) is 5.88. The van der Waals surface area contributed by atoms with E-state index in [1.165, 1.54) is 15.7 Å². The lowest BCUT2D eigenvalue weighted by molar-refractivity contribution is 0.860. The molecule has 0 aliphatic rings. The van der Waals surface area contributed by atoms with Crippen LogP contribution in [0.5, 0.6) is 0 Å². The van der Waals surface area contributed by atoms with Crippen molar-refractivity contribution in [1.29, 1.82) is 0 Å². The van der Waals surface area contributed by atoms with Gasteiger partial charge in [-0.3, -0.25) is 0 Å². The van der Waals surface area contributed by atoms with Crippen LogP contribution in [-0.4, -0.2) is 6.54 Å². The quantitative estimate of drug-likeness (QED) is 0.800. The Morgan fingerprint density at radius 1 is 0.882 bits per heavy atom. The van der Waals surface area contributed by atoms with Crippen LogP contribution < -0.4 is 5.32 Å². The number of rotatable bonds is 5. The van der Waals surface area contributed by atoms with Crippen LogP contribution in [0, 0.1) is 0 Å². The molecular weight excluding hydrogens is 274 g/mol. The Labute approximate surface area is 111 Å². The van der Waals surface area contributed by atoms with Gasteiger partial charge in [0.15, 0.2) is 0 Å². The van der Waals surface area contributed by atoms with Crippen LogP contribution in [0.3, 0.4) is 0 Å². The van der Waals surface area contributed by atoms with E-state index in [1.54, 1.807) is 0 Å². The smallest absolute Gasteiger partial charge is 0.0340 e. The van der Waals surface area contributed by atoms with E-state index < -0.39 is 0 Å². The van der Waals surface area contributed by atoms with Gasteiger partial charge in [-0.1, -0.05) is 52.3 Å². The molecule has 0 heterocycles. The van der Waals surface area contributed by atoms with E-state index >= 15 is 0 Å². The Kier molecular flexibility index (Phi) is 4.63. The Bertz CT molecular complexity index is 453. The zero-order valence-corrected chi connectivity index (χ0v) is 11.3. The molecule has 2 aromatic rings. The molecule has 2 heteroatoms. The highest BCUT2D eigenvalue weighted by molar-refractivity contribution is 9.10. The summed E-state index contributed by atoms with van der Waals surface area (Å²) in [6, 6.07) is 18.7. The second kappa shape index (κ2) is 6.45. The highest BCUT2D eigenvalue weighted by Crippen LogP contribution is 2.17. The lowest BCUT2D eigenvalue weighted by Gasteiger charge is -2.07. The number of nitrogens with one attached hydrogen (secondary N) is 1. The van der Waals surface area contributed by atoms with Crippen molar-refractivity contribution >= 4 is 21.6 Å². The largest absolute Gasteiger partial charge is 0.385 e. The van der Waals surface area contributed by atoms with Gasteiger partial charge in [0.1, 0.15) is 0 Å². The van der Waals surface area contributed by atoms with E-state index in [4.69, 9.17) is 0 Å². The summed E-state index contributed by atoms with van der Waals surface area (Å²) in [5.74, 6) is 0. The fraction of sp³-hybridized carbons (Fsp3) is 0.200. The minimum Gasteiger partial charge on any atom is -0.385 e. The zero-order valence-electron chi connectivity index (χ0n) is 9.70. The maximum absolute atomic E-state index is 3.57. The number of aryl methyl sites for hydroxylation is 1. The summed E-state index contributed by atoms with van der Waals surface area (Å²) in [5, 5.41) is 3.42. The molecule has 2 aromatic carbocycles. The summed E-state index contributed by atoms with van der Waals surface area (Å²) in [7, 11) is 0. The van der Waals surface area contributed by atoms with Gasteiger partial charge in [0.05, 0.1) is 0 Å². The first-order valence-corrected chi connectivity index (χ1v) is 6.68. The maximum atomic E-state index is 3.57. The normalized spacial score (nSPS) is 10.2. The maximum Gasteiger partial charge on any atom is 0.0340 e. The standard InChI is InChI=1S/C15H16BrN/c16-15-11-5-4-7-13(15)8-6-12-17-14-9-2-1-3-10-14/h1-5,7,9-11,17H,6,8,12H2. The van der Waals surface area contributed by atoms with Gasteiger partial charge in [-0.25, -0.2) is 0 Å². The van der Waals surface area contributed by atoms with Gasteiger partial charge in [-0.2, -0.15) is 0 Å². The third-order valence-corrected chi connectivity index (χ3v) is 3.46. The molecule has 0 fully saturated rings. The van der Waals surface area contributed by atoms with E-state index in [0.717, 1.165) is 19.4 Å². The molecule has 0 radical (unpaired) electrons. The molecule has 17 heavy (non-hydrogen) atoms. The second-order valence-electron chi connectivity index (χ2n) is 3.99. The number of hydrogen-bond acceptors (Lipinski definition) is 1. The van der Waals surface area contributed by atoms with Gasteiger partial charge in [-0.15, -0.1) is 0 Å². The predicted molar refractivity (Wildman–Crippen MR) is 77.4 cm³/mol. The van der Waals surface area contributed by atoms with Gasteiger partial charge in [-0.05, 0) is 36.6 Å². The summed E-state index contributed by atoms with van der Waals surface area (Å²) in [4.78, 5) is 0. The molecule has 1 nitrogen and oxygen atoms in total. The van der Waals surface area contributed by atoms with Gasteiger partial charge in [0.25, 0.3) is 0 Å². The van der Waals surface area contributed by atoms with E-state index in [2.05, 4.69) is 69.8 Å². The van der Waals surface area contributed by atoms with Crippen LogP contribution in [0.4, 0.5) is 5.69 Å². The minimum atomic E-state index is 1.01. The Balaban J connectivity index is 1.76. The molecule has 0 spiro atoms. The highest BCUT2D eigenvalue weighted by atomic mass is 79.9. The lowest BCUT2D eigenvalue weighted by Crippen LogP contribution is -2.02. The Morgan fingerprint density at radius 2 is 1.59 bits per heavy atom. The Hall–Kier alpha value is -1.28. The summed E-state index contributed by atoms with van der Waals surface area (Å²) in [6.45, 7) is 1.01. The SMILES string of the molecule is Brc1ccccc1CCCNc1ccccc1. The highest BCUT2D eigenvalue weighted by Gasteiger charge is 1.97. The molecule has 0 saturated heterocycles. The van der Waals surface area contributed by atoms with Crippen molar-refractivity contribution in [3.63, 3.8) is 0 Å². The molecule has 0 aliphatic carbocycles. The van der Waals surface area contributed by atoms with Crippen LogP contribution in [0.25, 0.3) is 0 Å². The van der Waals surface area contributed by atoms with Crippen molar-refractivity contribution in [3.8, 4) is 0 Å². The summed E-state index contributed by atoms with van der Waals surface area (Å²) < 4.78 is 1.21. The molecule has 0 aliphatic heterocycles. The lowest BCUT2D eigenvalue weighted by atomic mass is 10.1. The van der Waals surface area contributed by atoms with E-state index in [9.17, 15) is 0 Å². The first-order chi connectivity index (χ1) is 8.36. The number of hydrogen-bond donors (Lipinski definition) is 1. The van der Waals surface area contributed by atoms with Gasteiger partial charge < -0.3 is 5.32 Å². The van der Waals surface area contributed by atoms with Crippen molar-refractivity contribution in [2.45, 2.75) is 12.8 Å². The van der Waals surface area contributed by atoms with Crippen molar-refractivity contribution in [2.75, 3.05) is 11.9 Å². The molecule has 0 saturated carbocycles. The summed E-state index contributed by atoms with van der Waals surface area (Å²) >= 11 is 3.57. The molecule has 88 valence electrons. The fourth-order valence-corrected chi connectivity index (χ4v) is 2.25. The second-order valence-corrected chi connectivity index (χ2v) is 4.84. The van der Waals surface area contributed by atoms with E-state index in [0.29, 0.717) is 0 Å². The monoisotopic (exact) mass is 289 g/mol. The van der Waals surface area contributed by atoms with E-state index in [-0.39, 0.29) is 0 Å². The summed E-state index contributed by atoms with van der Waals surface area (Å²) in [5.41, 5.74) is 2.57. The van der Waals surface area contributed by atoms with Crippen LogP contribution >= 0.6 is 15.9 Å². The van der Waals surface area contributed by atoms with Crippen molar-refractivity contribution in [2.24, 2.45) is 0 Å². The van der Waals surface area contributed by atoms with Crippen LogP contribution in [-0.2, 0) is 6.42 Å². The number of halogens is 1. The van der Waals surface area contributed by atoms with Crippen molar-refractivity contribution in [3.05, 3.63) is 64.6 Å². The van der Waals surface area contributed by atoms with Crippen molar-refractivity contribution < 1.29 is 0 Å². The van der Waals surface area contributed by atoms with Crippen LogP contribution in [0.2, 0.25) is 0 Å². The van der Waals surface area contributed by atoms with Crippen LogP contribution in [0.15, 0.2) is 59.1 Å². The molecular formula is C15H16BrN. The topological polar surface area (TPSA) is 12.0 Å². The summed E-state index contributed by atoms with van der Waals surface area (Å²) in [6.07, 6.45) is 2.23. The average Bonchev–Trinajstić information content (AvgIpc) is 2.38. The third-order valence-electron chi connectivity index (χ3n) is 2.68. The molecule has 0 aromatic heterocycles. The third kappa shape index (κ3) is 3.90. The fourth-order valence-electron chi connectivity index (χ4n) is 1.77. The molecule has 0 unspecified atom stereocenters. The molecule has 0 atom stereocenters. The molecule has 0 bridgehead atoms. The molecule has 2 rings (SSSR count). The number of anilines is 1. The number of para-hydroxylation sites is 1. The van der Waals surface area contributed by atoms with Gasteiger partial charge >= 0.3 is 0 Å². The average molecular weight is 290 g/mol. The first kappa shape index (κ1) is 12.2. The zero-order chi connectivity index (χ0) is 11.9. The molecule has 0 amide bonds. The number of benzene rings is 2. The molecule has 1 N–H and O–H groups in total. The van der Waals surface area contributed by atoms with Crippen molar-refractivity contribution in [1.82, 2.24) is 0 Å². The van der Waals surface area contributed by atoms with Gasteiger partial charge in [0, 0.05) is 16.7 Å².